The zero-order valence-corrected chi connectivity index (χ0v) is 14.2. The molecule has 0 aliphatic heterocycles. The minimum atomic E-state index is -0.391. The number of carbonyl (C=O) groups excluding carboxylic acids is 2. The molecule has 0 bridgehead atoms. The Bertz CT molecular complexity index is 721. The highest BCUT2D eigenvalue weighted by atomic mass is 16.5. The van der Waals surface area contributed by atoms with Gasteiger partial charge in [-0.2, -0.15) is 0 Å². The Balaban J connectivity index is 2.35. The monoisotopic (exact) mass is 326 g/mol. The van der Waals surface area contributed by atoms with E-state index in [1.165, 1.54) is 7.11 Å². The summed E-state index contributed by atoms with van der Waals surface area (Å²) >= 11 is 0. The summed E-state index contributed by atoms with van der Waals surface area (Å²) < 4.78 is 9.92. The quantitative estimate of drug-likeness (QED) is 0.571. The van der Waals surface area contributed by atoms with Crippen molar-refractivity contribution >= 4 is 11.8 Å². The van der Waals surface area contributed by atoms with Gasteiger partial charge in [0.2, 0.25) is 0 Å². The molecule has 0 aliphatic carbocycles. The summed E-state index contributed by atoms with van der Waals surface area (Å²) in [7, 11) is 2.93. The third-order valence-electron chi connectivity index (χ3n) is 4.10. The van der Waals surface area contributed by atoms with Crippen molar-refractivity contribution in [1.29, 1.82) is 0 Å². The van der Waals surface area contributed by atoms with Gasteiger partial charge in [-0.05, 0) is 36.6 Å². The van der Waals surface area contributed by atoms with Gasteiger partial charge in [-0.3, -0.25) is 9.59 Å². The Kier molecular flexibility index (Phi) is 6.13. The fraction of sp³-hybridized carbons (Fsp3) is 0.300. The number of benzene rings is 2. The van der Waals surface area contributed by atoms with Crippen LogP contribution >= 0.6 is 0 Å². The molecule has 126 valence electrons. The summed E-state index contributed by atoms with van der Waals surface area (Å²) in [5.74, 6) is -0.0890. The number of carbonyl (C=O) groups is 2. The molecule has 4 nitrogen and oxygen atoms in total. The van der Waals surface area contributed by atoms with E-state index in [4.69, 9.17) is 9.47 Å². The number of methoxy groups -OCH3 is 2. The largest absolute Gasteiger partial charge is 0.497 e. The minimum absolute atomic E-state index is 0.0212. The van der Waals surface area contributed by atoms with Crippen molar-refractivity contribution in [3.05, 3.63) is 65.2 Å². The Morgan fingerprint density at radius 3 is 2.46 bits per heavy atom. The van der Waals surface area contributed by atoms with Crippen LogP contribution in [-0.2, 0) is 9.53 Å². The number of Topliss-reactive ketones (excluding diaryl/α,β-unsaturated/α-hetero) is 1. The molecule has 0 heterocycles. The first-order valence-corrected chi connectivity index (χ1v) is 7.87. The van der Waals surface area contributed by atoms with Gasteiger partial charge in [0.1, 0.15) is 5.75 Å². The van der Waals surface area contributed by atoms with E-state index < -0.39 is 5.92 Å². The number of esters is 1. The second-order valence-electron chi connectivity index (χ2n) is 5.62. The van der Waals surface area contributed by atoms with Crippen LogP contribution in [0.3, 0.4) is 0 Å². The molecular formula is C20H22O4. The Labute approximate surface area is 142 Å². The summed E-state index contributed by atoms with van der Waals surface area (Å²) in [5, 5.41) is 0. The van der Waals surface area contributed by atoms with Crippen LogP contribution < -0.4 is 4.74 Å². The summed E-state index contributed by atoms with van der Waals surface area (Å²) in [6, 6.07) is 14.8. The lowest BCUT2D eigenvalue weighted by atomic mass is 9.85. The maximum atomic E-state index is 13.1. The Morgan fingerprint density at radius 1 is 1.04 bits per heavy atom. The minimum Gasteiger partial charge on any atom is -0.497 e. The average Bonchev–Trinajstić information content (AvgIpc) is 2.62. The number of rotatable bonds is 7. The van der Waals surface area contributed by atoms with E-state index >= 15 is 0 Å². The lowest BCUT2D eigenvalue weighted by Crippen LogP contribution is -2.16. The molecular weight excluding hydrogens is 304 g/mol. The second kappa shape index (κ2) is 8.29. The van der Waals surface area contributed by atoms with Gasteiger partial charge in [-0.15, -0.1) is 0 Å². The van der Waals surface area contributed by atoms with Gasteiger partial charge in [-0.25, -0.2) is 0 Å². The van der Waals surface area contributed by atoms with Gasteiger partial charge in [0.25, 0.3) is 0 Å². The molecule has 0 saturated carbocycles. The third kappa shape index (κ3) is 4.22. The molecule has 0 saturated heterocycles. The van der Waals surface area contributed by atoms with Crippen LogP contribution in [0, 0.1) is 6.92 Å². The Morgan fingerprint density at radius 2 is 1.79 bits per heavy atom. The van der Waals surface area contributed by atoms with Crippen molar-refractivity contribution in [2.45, 2.75) is 25.7 Å². The molecule has 0 spiro atoms. The summed E-state index contributed by atoms with van der Waals surface area (Å²) in [5.41, 5.74) is 2.55. The van der Waals surface area contributed by atoms with Crippen LogP contribution in [0.1, 0.15) is 40.2 Å². The number of hydrogen-bond donors (Lipinski definition) is 0. The molecule has 24 heavy (non-hydrogen) atoms. The zero-order chi connectivity index (χ0) is 17.5. The fourth-order valence-electron chi connectivity index (χ4n) is 2.75. The highest BCUT2D eigenvalue weighted by molar-refractivity contribution is 6.01. The van der Waals surface area contributed by atoms with E-state index in [-0.39, 0.29) is 18.2 Å². The number of ether oxygens (including phenoxy) is 2. The predicted octanol–water partition coefficient (Wildman–Crippen LogP) is 3.92. The topological polar surface area (TPSA) is 52.6 Å². The first-order chi connectivity index (χ1) is 11.6. The van der Waals surface area contributed by atoms with Crippen molar-refractivity contribution in [2.75, 3.05) is 14.2 Å². The van der Waals surface area contributed by atoms with Gasteiger partial charge < -0.3 is 9.47 Å². The highest BCUT2D eigenvalue weighted by Crippen LogP contribution is 2.29. The van der Waals surface area contributed by atoms with Gasteiger partial charge in [0, 0.05) is 17.9 Å². The lowest BCUT2D eigenvalue weighted by Gasteiger charge is -2.18. The van der Waals surface area contributed by atoms with Crippen LogP contribution in [0.5, 0.6) is 5.75 Å². The van der Waals surface area contributed by atoms with Crippen LogP contribution in [0.4, 0.5) is 0 Å². The van der Waals surface area contributed by atoms with E-state index in [0.29, 0.717) is 17.7 Å². The first kappa shape index (κ1) is 17.7. The van der Waals surface area contributed by atoms with E-state index in [1.807, 2.05) is 31.2 Å². The number of hydrogen-bond acceptors (Lipinski definition) is 4. The number of aryl methyl sites for hydroxylation is 1. The molecule has 0 aliphatic rings. The smallest absolute Gasteiger partial charge is 0.305 e. The normalized spacial score (nSPS) is 11.6. The van der Waals surface area contributed by atoms with Crippen LogP contribution in [-0.4, -0.2) is 26.0 Å². The van der Waals surface area contributed by atoms with Gasteiger partial charge in [-0.1, -0.05) is 36.4 Å². The van der Waals surface area contributed by atoms with E-state index in [1.54, 1.807) is 31.4 Å². The second-order valence-corrected chi connectivity index (χ2v) is 5.62. The Hall–Kier alpha value is -2.62. The molecule has 0 radical (unpaired) electrons. The molecule has 0 amide bonds. The van der Waals surface area contributed by atoms with Crippen molar-refractivity contribution in [3.63, 3.8) is 0 Å². The SMILES string of the molecule is COC(=O)CCC(C(=O)c1cccc(OC)c1)c1ccccc1C. The summed E-state index contributed by atoms with van der Waals surface area (Å²) in [4.78, 5) is 24.6. The maximum absolute atomic E-state index is 13.1. The number of ketones is 1. The highest BCUT2D eigenvalue weighted by Gasteiger charge is 2.24. The van der Waals surface area contributed by atoms with Crippen molar-refractivity contribution in [2.24, 2.45) is 0 Å². The first-order valence-electron chi connectivity index (χ1n) is 7.87. The molecule has 2 rings (SSSR count). The molecule has 0 N–H and O–H groups in total. The molecule has 0 fully saturated rings. The van der Waals surface area contributed by atoms with Crippen molar-refractivity contribution < 1.29 is 19.1 Å². The van der Waals surface area contributed by atoms with Crippen LogP contribution in [0.2, 0.25) is 0 Å². The van der Waals surface area contributed by atoms with Gasteiger partial charge in [0.15, 0.2) is 5.78 Å². The van der Waals surface area contributed by atoms with E-state index in [2.05, 4.69) is 0 Å². The molecule has 2 aromatic carbocycles. The summed E-state index contributed by atoms with van der Waals surface area (Å²) in [6.45, 7) is 1.97. The van der Waals surface area contributed by atoms with Crippen LogP contribution in [0.25, 0.3) is 0 Å². The maximum Gasteiger partial charge on any atom is 0.305 e. The molecule has 2 aromatic rings. The van der Waals surface area contributed by atoms with E-state index in [0.717, 1.165) is 11.1 Å². The standard InChI is InChI=1S/C20H22O4/c1-14-7-4-5-10-17(14)18(11-12-19(21)24-3)20(22)15-8-6-9-16(13-15)23-2/h4-10,13,18H,11-12H2,1-3H3. The van der Waals surface area contributed by atoms with Gasteiger partial charge in [0.05, 0.1) is 14.2 Å². The molecule has 4 heteroatoms. The predicted molar refractivity (Wildman–Crippen MR) is 92.5 cm³/mol. The molecule has 1 atom stereocenters. The lowest BCUT2D eigenvalue weighted by molar-refractivity contribution is -0.140. The molecule has 1 unspecified atom stereocenters. The van der Waals surface area contributed by atoms with E-state index in [9.17, 15) is 9.59 Å². The van der Waals surface area contributed by atoms with Crippen molar-refractivity contribution in [1.82, 2.24) is 0 Å². The third-order valence-corrected chi connectivity index (χ3v) is 4.10. The van der Waals surface area contributed by atoms with Crippen molar-refractivity contribution in [3.8, 4) is 5.75 Å². The average molecular weight is 326 g/mol. The van der Waals surface area contributed by atoms with Crippen LogP contribution in [0.15, 0.2) is 48.5 Å². The zero-order valence-electron chi connectivity index (χ0n) is 14.2. The van der Waals surface area contributed by atoms with Gasteiger partial charge >= 0.3 is 5.97 Å². The summed E-state index contributed by atoms with van der Waals surface area (Å²) in [6.07, 6.45) is 0.610. The molecule has 0 aromatic heterocycles. The fourth-order valence-corrected chi connectivity index (χ4v) is 2.75.